The van der Waals surface area contributed by atoms with E-state index in [-0.39, 0.29) is 19.3 Å². The summed E-state index contributed by atoms with van der Waals surface area (Å²) in [6, 6.07) is 7.30. The molecule has 0 aliphatic carbocycles. The summed E-state index contributed by atoms with van der Waals surface area (Å²) in [4.78, 5) is 25.3. The highest BCUT2D eigenvalue weighted by Gasteiger charge is 2.13. The average Bonchev–Trinajstić information content (AvgIpc) is 3.28. The third kappa shape index (κ3) is 4.60. The van der Waals surface area contributed by atoms with Gasteiger partial charge in [-0.25, -0.2) is 4.79 Å². The highest BCUT2D eigenvalue weighted by atomic mass is 32.1. The molecule has 1 amide bonds. The molecule has 0 bridgehead atoms. The van der Waals surface area contributed by atoms with Crippen LogP contribution >= 0.6 is 11.3 Å². The zero-order valence-electron chi connectivity index (χ0n) is 13.6. The number of hydrogen-bond acceptors (Lipinski definition) is 6. The van der Waals surface area contributed by atoms with Gasteiger partial charge >= 0.3 is 5.97 Å². The summed E-state index contributed by atoms with van der Waals surface area (Å²) in [7, 11) is 1.68. The third-order valence-electron chi connectivity index (χ3n) is 3.57. The fraction of sp³-hybridized carbons (Fsp3) is 0.222. The number of likely N-dealkylation sites (N-methyl/N-ethyl adjacent to an activating group) is 1. The second kappa shape index (κ2) is 7.85. The van der Waals surface area contributed by atoms with Crippen LogP contribution in [0.1, 0.15) is 11.1 Å². The fourth-order valence-corrected chi connectivity index (χ4v) is 2.88. The van der Waals surface area contributed by atoms with Crippen molar-refractivity contribution < 1.29 is 23.8 Å². The van der Waals surface area contributed by atoms with Gasteiger partial charge in [-0.3, -0.25) is 4.79 Å². The van der Waals surface area contributed by atoms with E-state index in [9.17, 15) is 9.59 Å². The SMILES string of the molecule is CN(Cc1ccsc1)C(=O)COC(=O)/C=C/c1ccc2c(c1)OCO2. The summed E-state index contributed by atoms with van der Waals surface area (Å²) in [5, 5.41) is 3.93. The third-order valence-corrected chi connectivity index (χ3v) is 4.30. The van der Waals surface area contributed by atoms with Gasteiger partial charge in [0.1, 0.15) is 0 Å². The summed E-state index contributed by atoms with van der Waals surface area (Å²) in [5.41, 5.74) is 1.83. The molecule has 0 unspecified atom stereocenters. The summed E-state index contributed by atoms with van der Waals surface area (Å²) in [6.07, 6.45) is 2.88. The largest absolute Gasteiger partial charge is 0.454 e. The minimum atomic E-state index is -0.574. The maximum Gasteiger partial charge on any atom is 0.331 e. The first-order valence-electron chi connectivity index (χ1n) is 7.61. The van der Waals surface area contributed by atoms with E-state index >= 15 is 0 Å². The molecule has 1 aliphatic rings. The normalized spacial score (nSPS) is 12.4. The van der Waals surface area contributed by atoms with Gasteiger partial charge in [0, 0.05) is 19.7 Å². The molecule has 0 atom stereocenters. The molecule has 7 heteroatoms. The Morgan fingerprint density at radius 1 is 1.28 bits per heavy atom. The van der Waals surface area contributed by atoms with Crippen LogP contribution in [0, 0.1) is 0 Å². The number of ether oxygens (including phenoxy) is 3. The van der Waals surface area contributed by atoms with Gasteiger partial charge in [-0.2, -0.15) is 11.3 Å². The second-order valence-corrected chi connectivity index (χ2v) is 6.22. The van der Waals surface area contributed by atoms with Crippen LogP contribution in [0.15, 0.2) is 41.1 Å². The van der Waals surface area contributed by atoms with E-state index in [0.717, 1.165) is 11.1 Å². The molecular weight excluding hydrogens is 342 g/mol. The smallest absolute Gasteiger partial charge is 0.331 e. The first-order chi connectivity index (χ1) is 12.1. The van der Waals surface area contributed by atoms with E-state index in [1.165, 1.54) is 11.0 Å². The van der Waals surface area contributed by atoms with Crippen molar-refractivity contribution in [1.82, 2.24) is 4.90 Å². The molecule has 0 fully saturated rings. The van der Waals surface area contributed by atoms with Crippen molar-refractivity contribution in [3.63, 3.8) is 0 Å². The second-order valence-electron chi connectivity index (χ2n) is 5.44. The number of hydrogen-bond donors (Lipinski definition) is 0. The molecule has 0 N–H and O–H groups in total. The first-order valence-corrected chi connectivity index (χ1v) is 8.55. The van der Waals surface area contributed by atoms with E-state index in [0.29, 0.717) is 18.0 Å². The Morgan fingerprint density at radius 2 is 2.12 bits per heavy atom. The minimum absolute atomic E-state index is 0.200. The van der Waals surface area contributed by atoms with Crippen molar-refractivity contribution in [2.45, 2.75) is 6.54 Å². The van der Waals surface area contributed by atoms with Gasteiger partial charge in [-0.05, 0) is 46.2 Å². The van der Waals surface area contributed by atoms with E-state index in [1.807, 2.05) is 16.8 Å². The van der Waals surface area contributed by atoms with E-state index < -0.39 is 5.97 Å². The summed E-state index contributed by atoms with van der Waals surface area (Å²) in [5.74, 6) is 0.491. The molecule has 3 rings (SSSR count). The highest BCUT2D eigenvalue weighted by molar-refractivity contribution is 7.07. The molecule has 0 radical (unpaired) electrons. The van der Waals surface area contributed by atoms with Crippen molar-refractivity contribution >= 4 is 29.3 Å². The van der Waals surface area contributed by atoms with Gasteiger partial charge in [0.25, 0.3) is 5.91 Å². The first kappa shape index (κ1) is 17.0. The Kier molecular flexibility index (Phi) is 5.35. The zero-order valence-corrected chi connectivity index (χ0v) is 14.5. The number of fused-ring (bicyclic) bond motifs is 1. The van der Waals surface area contributed by atoms with Crippen LogP contribution in [0.4, 0.5) is 0 Å². The topological polar surface area (TPSA) is 65.1 Å². The maximum atomic E-state index is 12.0. The predicted octanol–water partition coefficient (Wildman–Crippen LogP) is 2.69. The van der Waals surface area contributed by atoms with Crippen molar-refractivity contribution in [1.29, 1.82) is 0 Å². The van der Waals surface area contributed by atoms with Crippen molar-refractivity contribution in [2.24, 2.45) is 0 Å². The standard InChI is InChI=1S/C18H17NO5S/c1-19(9-14-6-7-25-11-14)17(20)10-22-18(21)5-3-13-2-4-15-16(8-13)24-12-23-15/h2-8,11H,9-10,12H2,1H3/b5-3+. The van der Waals surface area contributed by atoms with E-state index in [4.69, 9.17) is 14.2 Å². The molecule has 0 saturated carbocycles. The van der Waals surface area contributed by atoms with Crippen LogP contribution in [0.5, 0.6) is 11.5 Å². The number of esters is 1. The number of amides is 1. The summed E-state index contributed by atoms with van der Waals surface area (Å²) >= 11 is 1.57. The number of carbonyl (C=O) groups is 2. The molecular formula is C18H17NO5S. The minimum Gasteiger partial charge on any atom is -0.454 e. The van der Waals surface area contributed by atoms with Crippen LogP contribution in [0.25, 0.3) is 6.08 Å². The maximum absolute atomic E-state index is 12.0. The number of thiophene rings is 1. The van der Waals surface area contributed by atoms with Crippen LogP contribution < -0.4 is 9.47 Å². The zero-order chi connectivity index (χ0) is 17.6. The fourth-order valence-electron chi connectivity index (χ4n) is 2.22. The van der Waals surface area contributed by atoms with Gasteiger partial charge in [0.2, 0.25) is 6.79 Å². The van der Waals surface area contributed by atoms with Gasteiger partial charge in [0.05, 0.1) is 0 Å². The Balaban J connectivity index is 1.46. The Morgan fingerprint density at radius 3 is 2.92 bits per heavy atom. The Labute approximate surface area is 149 Å². The van der Waals surface area contributed by atoms with Gasteiger partial charge < -0.3 is 19.1 Å². The van der Waals surface area contributed by atoms with Gasteiger partial charge in [-0.1, -0.05) is 6.07 Å². The molecule has 6 nitrogen and oxygen atoms in total. The monoisotopic (exact) mass is 359 g/mol. The Bertz CT molecular complexity index is 785. The van der Waals surface area contributed by atoms with E-state index in [1.54, 1.807) is 42.7 Å². The summed E-state index contributed by atoms with van der Waals surface area (Å²) < 4.78 is 15.5. The lowest BCUT2D eigenvalue weighted by atomic mass is 10.2. The van der Waals surface area contributed by atoms with E-state index in [2.05, 4.69) is 0 Å². The number of carbonyl (C=O) groups excluding carboxylic acids is 2. The van der Waals surface area contributed by atoms with Crippen molar-refractivity contribution in [2.75, 3.05) is 20.4 Å². The quantitative estimate of drug-likeness (QED) is 0.586. The molecule has 130 valence electrons. The molecule has 2 aromatic rings. The average molecular weight is 359 g/mol. The van der Waals surface area contributed by atoms with Gasteiger partial charge in [-0.15, -0.1) is 0 Å². The molecule has 2 heterocycles. The molecule has 1 aromatic heterocycles. The van der Waals surface area contributed by atoms with Crippen molar-refractivity contribution in [3.05, 3.63) is 52.2 Å². The molecule has 25 heavy (non-hydrogen) atoms. The predicted molar refractivity (Wildman–Crippen MR) is 93.4 cm³/mol. The Hall–Kier alpha value is -2.80. The van der Waals surface area contributed by atoms with Crippen LogP contribution in [0.3, 0.4) is 0 Å². The highest BCUT2D eigenvalue weighted by Crippen LogP contribution is 2.32. The molecule has 1 aliphatic heterocycles. The lowest BCUT2D eigenvalue weighted by Gasteiger charge is -2.15. The number of benzene rings is 1. The molecule has 0 saturated heterocycles. The molecule has 1 aromatic carbocycles. The molecule has 0 spiro atoms. The number of nitrogens with zero attached hydrogens (tertiary/aromatic N) is 1. The lowest BCUT2D eigenvalue weighted by molar-refractivity contribution is -0.147. The lowest BCUT2D eigenvalue weighted by Crippen LogP contribution is -2.30. The number of rotatable bonds is 6. The van der Waals surface area contributed by atoms with Crippen LogP contribution in [0.2, 0.25) is 0 Å². The van der Waals surface area contributed by atoms with Gasteiger partial charge in [0.15, 0.2) is 18.1 Å². The summed E-state index contributed by atoms with van der Waals surface area (Å²) in [6.45, 7) is 0.406. The van der Waals surface area contributed by atoms with Crippen LogP contribution in [-0.4, -0.2) is 37.2 Å². The van der Waals surface area contributed by atoms with Crippen molar-refractivity contribution in [3.8, 4) is 11.5 Å². The van der Waals surface area contributed by atoms with Crippen LogP contribution in [-0.2, 0) is 20.9 Å².